The highest BCUT2D eigenvalue weighted by Gasteiger charge is 2.40. The van der Waals surface area contributed by atoms with Gasteiger partial charge in [-0.3, -0.25) is 5.41 Å². The van der Waals surface area contributed by atoms with Gasteiger partial charge in [0, 0.05) is 12.1 Å². The van der Waals surface area contributed by atoms with Gasteiger partial charge in [-0.1, -0.05) is 17.3 Å². The summed E-state index contributed by atoms with van der Waals surface area (Å²) in [7, 11) is 0. The number of halogens is 7. The van der Waals surface area contributed by atoms with Gasteiger partial charge in [0.15, 0.2) is 5.96 Å². The van der Waals surface area contributed by atoms with Gasteiger partial charge in [-0.2, -0.15) is 31.3 Å². The minimum atomic E-state index is -4.83. The normalized spacial score (nSPS) is 18.0. The minimum Gasteiger partial charge on any atom is -0.488 e. The predicted molar refractivity (Wildman–Crippen MR) is 120 cm³/mol. The molecule has 4 N–H and O–H groups in total. The topological polar surface area (TPSA) is 121 Å². The number of hydrogen-bond donors (Lipinski definition) is 3. The molecule has 0 unspecified atom stereocenters. The Morgan fingerprint density at radius 3 is 2.38 bits per heavy atom. The largest absolute Gasteiger partial charge is 0.488 e. The molecule has 0 radical (unpaired) electrons. The van der Waals surface area contributed by atoms with E-state index in [1.807, 2.05) is 0 Å². The van der Waals surface area contributed by atoms with Crippen molar-refractivity contribution in [2.45, 2.75) is 37.5 Å². The maximum Gasteiger partial charge on any atom is 0.419 e. The second-order valence-electron chi connectivity index (χ2n) is 8.03. The Hall–Kier alpha value is -3.52. The van der Waals surface area contributed by atoms with Crippen LogP contribution in [-0.4, -0.2) is 38.8 Å². The first-order valence-corrected chi connectivity index (χ1v) is 10.5. The number of nitrogens with one attached hydrogen (secondary N) is 1. The molecule has 1 aromatic heterocycles. The summed E-state index contributed by atoms with van der Waals surface area (Å²) in [5, 5.41) is 21.5. The lowest BCUT2D eigenvalue weighted by Crippen LogP contribution is -2.37. The monoisotopic (exact) mass is 551 g/mol. The average Bonchev–Trinajstić information content (AvgIpc) is 3.43. The fourth-order valence-electron chi connectivity index (χ4n) is 3.78. The van der Waals surface area contributed by atoms with Gasteiger partial charge < -0.3 is 25.0 Å². The average molecular weight is 552 g/mol. The molecule has 0 bridgehead atoms. The quantitative estimate of drug-likeness (QED) is 0.237. The Kier molecular flexibility index (Phi) is 7.93. The number of aliphatic hydroxyl groups excluding tert-OH is 1. The molecule has 0 aliphatic carbocycles. The Morgan fingerprint density at radius 2 is 1.78 bits per heavy atom. The van der Waals surface area contributed by atoms with E-state index in [0.29, 0.717) is 0 Å². The zero-order chi connectivity index (χ0) is 26.3. The zero-order valence-electron chi connectivity index (χ0n) is 18.7. The fraction of sp³-hybridized carbons (Fsp3) is 0.318. The first kappa shape index (κ1) is 28.1. The van der Waals surface area contributed by atoms with Gasteiger partial charge in [0.25, 0.3) is 5.89 Å². The lowest BCUT2D eigenvalue weighted by molar-refractivity contribution is -0.139. The molecular weight excluding hydrogens is 532 g/mol. The van der Waals surface area contributed by atoms with Crippen molar-refractivity contribution in [3.63, 3.8) is 0 Å². The third kappa shape index (κ3) is 6.07. The highest BCUT2D eigenvalue weighted by atomic mass is 35.5. The van der Waals surface area contributed by atoms with E-state index in [9.17, 15) is 31.4 Å². The third-order valence-corrected chi connectivity index (χ3v) is 5.59. The van der Waals surface area contributed by atoms with Crippen LogP contribution in [0, 0.1) is 5.41 Å². The van der Waals surface area contributed by atoms with E-state index in [-0.39, 0.29) is 54.2 Å². The summed E-state index contributed by atoms with van der Waals surface area (Å²) in [5.41, 5.74) is 3.66. The van der Waals surface area contributed by atoms with Crippen molar-refractivity contribution in [1.82, 2.24) is 15.0 Å². The number of aliphatic hydroxyl groups is 1. The summed E-state index contributed by atoms with van der Waals surface area (Å²) in [6.45, 7) is -0.130. The molecule has 2 aromatic carbocycles. The molecule has 15 heteroatoms. The van der Waals surface area contributed by atoms with Gasteiger partial charge in [0.05, 0.1) is 17.2 Å². The van der Waals surface area contributed by atoms with Crippen molar-refractivity contribution in [2.75, 3.05) is 6.54 Å². The SMILES string of the molecule is Cl.N=C(N)N1CC[C@H](O)[C@H]1c1nc(-c2ccc(OCc3ccc(C(F)(F)F)cc3)c(C(F)(F)F)c2)no1. The number of nitrogens with zero attached hydrogens (tertiary/aromatic N) is 3. The minimum absolute atomic E-state index is 0. The molecule has 2 atom stereocenters. The molecule has 200 valence electrons. The van der Waals surface area contributed by atoms with Crippen molar-refractivity contribution in [3.05, 3.63) is 65.0 Å². The number of nitrogens with two attached hydrogens (primary N) is 1. The molecule has 0 saturated carbocycles. The highest BCUT2D eigenvalue weighted by molar-refractivity contribution is 5.85. The molecule has 0 spiro atoms. The van der Waals surface area contributed by atoms with Crippen molar-refractivity contribution >= 4 is 18.4 Å². The van der Waals surface area contributed by atoms with E-state index in [1.54, 1.807) is 0 Å². The highest BCUT2D eigenvalue weighted by Crippen LogP contribution is 2.39. The molecule has 4 rings (SSSR count). The lowest BCUT2D eigenvalue weighted by Gasteiger charge is -2.22. The first-order chi connectivity index (χ1) is 16.8. The van der Waals surface area contributed by atoms with E-state index in [0.717, 1.165) is 36.4 Å². The summed E-state index contributed by atoms with van der Waals surface area (Å²) < 4.78 is 89.7. The number of guanidine groups is 1. The van der Waals surface area contributed by atoms with Crippen molar-refractivity contribution < 1.29 is 40.7 Å². The first-order valence-electron chi connectivity index (χ1n) is 10.5. The number of aromatic nitrogens is 2. The van der Waals surface area contributed by atoms with E-state index in [4.69, 9.17) is 20.4 Å². The molecule has 8 nitrogen and oxygen atoms in total. The third-order valence-electron chi connectivity index (χ3n) is 5.59. The van der Waals surface area contributed by atoms with E-state index >= 15 is 0 Å². The van der Waals surface area contributed by atoms with Gasteiger partial charge in [0.1, 0.15) is 18.4 Å². The molecule has 1 fully saturated rings. The van der Waals surface area contributed by atoms with Crippen LogP contribution < -0.4 is 10.5 Å². The number of alkyl halides is 6. The van der Waals surface area contributed by atoms with Crippen LogP contribution in [0.15, 0.2) is 47.0 Å². The maximum atomic E-state index is 13.7. The molecule has 0 amide bonds. The van der Waals surface area contributed by atoms with Crippen LogP contribution >= 0.6 is 12.4 Å². The lowest BCUT2D eigenvalue weighted by atomic mass is 10.1. The Morgan fingerprint density at radius 1 is 1.11 bits per heavy atom. The molecule has 37 heavy (non-hydrogen) atoms. The molecule has 1 saturated heterocycles. The molecule has 2 heterocycles. The number of hydrogen-bond acceptors (Lipinski definition) is 6. The number of benzene rings is 2. The van der Waals surface area contributed by atoms with Crippen LogP contribution in [0.25, 0.3) is 11.4 Å². The molecule has 1 aliphatic rings. The number of rotatable bonds is 5. The van der Waals surface area contributed by atoms with Crippen molar-refractivity contribution in [2.24, 2.45) is 5.73 Å². The van der Waals surface area contributed by atoms with Crippen LogP contribution in [0.2, 0.25) is 0 Å². The van der Waals surface area contributed by atoms with Gasteiger partial charge in [-0.15, -0.1) is 12.4 Å². The molecule has 1 aliphatic heterocycles. The van der Waals surface area contributed by atoms with Gasteiger partial charge >= 0.3 is 12.4 Å². The van der Waals surface area contributed by atoms with Crippen LogP contribution in [0.4, 0.5) is 26.3 Å². The van der Waals surface area contributed by atoms with Crippen molar-refractivity contribution in [3.8, 4) is 17.1 Å². The van der Waals surface area contributed by atoms with Crippen LogP contribution in [0.3, 0.4) is 0 Å². The standard InChI is InChI=1S/C22H19F6N5O3.ClH/c23-21(24,25)13-4-1-11(2-5-13)10-35-16-6-3-12(9-14(16)22(26,27)28)18-31-19(36-32-18)17-15(34)7-8-33(17)20(29)30;/h1-6,9,15,17,34H,7-8,10H2,(H3,29,30);1H/t15-,17-;/m0./s1. The summed E-state index contributed by atoms with van der Waals surface area (Å²) in [6, 6.07) is 6.02. The predicted octanol–water partition coefficient (Wildman–Crippen LogP) is 4.78. The Balaban J connectivity index is 0.00000380. The summed E-state index contributed by atoms with van der Waals surface area (Å²) in [4.78, 5) is 5.42. The van der Waals surface area contributed by atoms with Gasteiger partial charge in [-0.05, 0) is 42.3 Å². The van der Waals surface area contributed by atoms with Gasteiger partial charge in [0.2, 0.25) is 5.82 Å². The van der Waals surface area contributed by atoms with Gasteiger partial charge in [-0.25, -0.2) is 0 Å². The second-order valence-corrected chi connectivity index (χ2v) is 8.03. The number of likely N-dealkylation sites (tertiary alicyclic amines) is 1. The smallest absolute Gasteiger partial charge is 0.419 e. The Labute approximate surface area is 211 Å². The maximum absolute atomic E-state index is 13.7. The summed E-state index contributed by atoms with van der Waals surface area (Å²) in [6.07, 6.45) is -10.0. The van der Waals surface area contributed by atoms with Crippen LogP contribution in [0.5, 0.6) is 5.75 Å². The summed E-state index contributed by atoms with van der Waals surface area (Å²) >= 11 is 0. The van der Waals surface area contributed by atoms with E-state index < -0.39 is 48.0 Å². The van der Waals surface area contributed by atoms with E-state index in [1.165, 1.54) is 11.0 Å². The van der Waals surface area contributed by atoms with Crippen molar-refractivity contribution in [1.29, 1.82) is 5.41 Å². The Bertz CT molecular complexity index is 1250. The second kappa shape index (κ2) is 10.5. The summed E-state index contributed by atoms with van der Waals surface area (Å²) in [5.74, 6) is -1.16. The number of ether oxygens (including phenoxy) is 1. The molecular formula is C22H20ClF6N5O3. The van der Waals surface area contributed by atoms with Crippen LogP contribution in [-0.2, 0) is 19.0 Å². The molecule has 3 aromatic rings. The fourth-order valence-corrected chi connectivity index (χ4v) is 3.78. The van der Waals surface area contributed by atoms with E-state index in [2.05, 4.69) is 10.1 Å². The van der Waals surface area contributed by atoms with Crippen LogP contribution in [0.1, 0.15) is 35.0 Å². The zero-order valence-corrected chi connectivity index (χ0v) is 19.5.